The van der Waals surface area contributed by atoms with Crippen LogP contribution in [0.1, 0.15) is 32.2 Å². The molecule has 2 rings (SSSR count). The summed E-state index contributed by atoms with van der Waals surface area (Å²) in [7, 11) is 0. The molecule has 0 saturated heterocycles. The maximum Gasteiger partial charge on any atom is 0.253 e. The summed E-state index contributed by atoms with van der Waals surface area (Å²) in [6.07, 6.45) is 5.27. The molecule has 0 bridgehead atoms. The van der Waals surface area contributed by atoms with Gasteiger partial charge in [0, 0.05) is 35.5 Å². The number of aliphatic hydroxyl groups excluding tert-OH is 1. The third kappa shape index (κ3) is 4.67. The summed E-state index contributed by atoms with van der Waals surface area (Å²) >= 11 is 1.55. The quantitative estimate of drug-likeness (QED) is 0.839. The number of hydrogen-bond acceptors (Lipinski definition) is 5. The van der Waals surface area contributed by atoms with E-state index in [1.54, 1.807) is 29.8 Å². The largest absolute Gasteiger partial charge is 0.395 e. The van der Waals surface area contributed by atoms with Gasteiger partial charge in [-0.05, 0) is 13.0 Å². The van der Waals surface area contributed by atoms with Gasteiger partial charge in [0.05, 0.1) is 18.7 Å². The van der Waals surface area contributed by atoms with Crippen LogP contribution >= 0.6 is 11.3 Å². The Morgan fingerprint density at radius 3 is 3.00 bits per heavy atom. The minimum Gasteiger partial charge on any atom is -0.395 e. The zero-order valence-corrected chi connectivity index (χ0v) is 12.4. The highest BCUT2D eigenvalue weighted by Crippen LogP contribution is 2.11. The number of amides is 1. The number of hydrogen-bond donors (Lipinski definition) is 2. The average Bonchev–Trinajstić information content (AvgIpc) is 2.91. The van der Waals surface area contributed by atoms with Crippen LogP contribution in [0.25, 0.3) is 0 Å². The summed E-state index contributed by atoms with van der Waals surface area (Å²) in [6, 6.07) is 1.68. The summed E-state index contributed by atoms with van der Waals surface area (Å²) in [6.45, 7) is 2.40. The number of aliphatic hydroxyl groups is 1. The lowest BCUT2D eigenvalue weighted by atomic mass is 10.2. The van der Waals surface area contributed by atoms with Gasteiger partial charge in [-0.3, -0.25) is 9.78 Å². The van der Waals surface area contributed by atoms with Crippen LogP contribution in [-0.2, 0) is 6.54 Å². The van der Waals surface area contributed by atoms with Crippen molar-refractivity contribution >= 4 is 17.2 Å². The predicted molar refractivity (Wildman–Crippen MR) is 80.8 cm³/mol. The van der Waals surface area contributed by atoms with Crippen molar-refractivity contribution in [3.05, 3.63) is 45.7 Å². The van der Waals surface area contributed by atoms with Crippen LogP contribution in [0.2, 0.25) is 0 Å². The van der Waals surface area contributed by atoms with Gasteiger partial charge in [0.15, 0.2) is 0 Å². The summed E-state index contributed by atoms with van der Waals surface area (Å²) in [4.78, 5) is 21.4. The fraction of sp³-hybridized carbons (Fsp3) is 0.267. The molecule has 0 radical (unpaired) electrons. The zero-order chi connectivity index (χ0) is 15.1. The third-order valence-corrected chi connectivity index (χ3v) is 3.45. The predicted octanol–water partition coefficient (Wildman–Crippen LogP) is 1.51. The van der Waals surface area contributed by atoms with Gasteiger partial charge in [-0.2, -0.15) is 0 Å². The van der Waals surface area contributed by atoms with E-state index in [1.165, 1.54) is 6.20 Å². The number of aryl methyl sites for hydroxylation is 1. The van der Waals surface area contributed by atoms with Gasteiger partial charge in [0.25, 0.3) is 5.91 Å². The van der Waals surface area contributed by atoms with E-state index in [1.807, 2.05) is 6.92 Å². The maximum absolute atomic E-state index is 12.0. The Bertz CT molecular complexity index is 685. The van der Waals surface area contributed by atoms with Crippen molar-refractivity contribution < 1.29 is 9.90 Å². The fourth-order valence-electron chi connectivity index (χ4n) is 1.59. The Kier molecular flexibility index (Phi) is 5.43. The lowest BCUT2D eigenvalue weighted by Crippen LogP contribution is -2.22. The Labute approximate surface area is 127 Å². The van der Waals surface area contributed by atoms with E-state index >= 15 is 0 Å². The number of carbonyl (C=O) groups excluding carboxylic acids is 1. The second-order valence-corrected chi connectivity index (χ2v) is 5.60. The monoisotopic (exact) mass is 301 g/mol. The van der Waals surface area contributed by atoms with Gasteiger partial charge >= 0.3 is 0 Å². The molecule has 108 valence electrons. The molecule has 2 heterocycles. The van der Waals surface area contributed by atoms with Crippen molar-refractivity contribution in [1.29, 1.82) is 0 Å². The zero-order valence-electron chi connectivity index (χ0n) is 11.6. The van der Waals surface area contributed by atoms with E-state index in [-0.39, 0.29) is 12.5 Å². The first-order chi connectivity index (χ1) is 10.2. The number of aromatic nitrogens is 2. The first kappa shape index (κ1) is 15.2. The van der Waals surface area contributed by atoms with E-state index < -0.39 is 0 Å². The Morgan fingerprint density at radius 1 is 1.43 bits per heavy atom. The molecular formula is C15H15N3O2S. The molecule has 0 unspecified atom stereocenters. The highest BCUT2D eigenvalue weighted by atomic mass is 32.1. The first-order valence-electron chi connectivity index (χ1n) is 6.43. The Morgan fingerprint density at radius 2 is 2.29 bits per heavy atom. The van der Waals surface area contributed by atoms with Gasteiger partial charge in [-0.15, -0.1) is 11.3 Å². The second-order valence-electron chi connectivity index (χ2n) is 4.29. The highest BCUT2D eigenvalue weighted by Gasteiger charge is 2.07. The molecule has 0 aromatic carbocycles. The number of carbonyl (C=O) groups is 1. The number of thiazole rings is 1. The Balaban J connectivity index is 1.99. The molecule has 0 spiro atoms. The molecule has 5 nitrogen and oxygen atoms in total. The van der Waals surface area contributed by atoms with Crippen molar-refractivity contribution in [3.63, 3.8) is 0 Å². The van der Waals surface area contributed by atoms with E-state index in [0.717, 1.165) is 9.88 Å². The standard InChI is InChI=1S/C15H15N3O2S/c1-11-7-17-14(21-11)10-18-15(20)13-6-12(8-16-9-13)4-2-3-5-19/h6-9,19H,3,5,10H2,1H3,(H,18,20). The lowest BCUT2D eigenvalue weighted by Gasteiger charge is -2.03. The van der Waals surface area contributed by atoms with Crippen LogP contribution in [0.3, 0.4) is 0 Å². The molecule has 0 aliphatic heterocycles. The Hall–Kier alpha value is -2.23. The van der Waals surface area contributed by atoms with Gasteiger partial charge in [-0.25, -0.2) is 4.98 Å². The molecule has 21 heavy (non-hydrogen) atoms. The van der Waals surface area contributed by atoms with Crippen molar-refractivity contribution in [1.82, 2.24) is 15.3 Å². The molecule has 0 aliphatic rings. The molecule has 0 aliphatic carbocycles. The lowest BCUT2D eigenvalue weighted by molar-refractivity contribution is 0.0950. The topological polar surface area (TPSA) is 75.1 Å². The first-order valence-corrected chi connectivity index (χ1v) is 7.25. The van der Waals surface area contributed by atoms with Crippen molar-refractivity contribution in [2.75, 3.05) is 6.61 Å². The van der Waals surface area contributed by atoms with Gasteiger partial charge in [0.1, 0.15) is 5.01 Å². The molecule has 2 aromatic heterocycles. The normalized spacial score (nSPS) is 9.81. The minimum absolute atomic E-state index is 0.0217. The number of nitrogens with one attached hydrogen (secondary N) is 1. The fourth-order valence-corrected chi connectivity index (χ4v) is 2.32. The van der Waals surface area contributed by atoms with E-state index in [0.29, 0.717) is 24.1 Å². The van der Waals surface area contributed by atoms with Crippen LogP contribution in [0.4, 0.5) is 0 Å². The molecule has 2 aromatic rings. The smallest absolute Gasteiger partial charge is 0.253 e. The van der Waals surface area contributed by atoms with Gasteiger partial charge in [-0.1, -0.05) is 11.8 Å². The van der Waals surface area contributed by atoms with Crippen LogP contribution in [-0.4, -0.2) is 27.6 Å². The maximum atomic E-state index is 12.0. The minimum atomic E-state index is -0.207. The van der Waals surface area contributed by atoms with Crippen molar-refractivity contribution in [2.24, 2.45) is 0 Å². The molecular weight excluding hydrogens is 286 g/mol. The molecule has 0 saturated carbocycles. The average molecular weight is 301 g/mol. The molecule has 6 heteroatoms. The highest BCUT2D eigenvalue weighted by molar-refractivity contribution is 7.11. The van der Waals surface area contributed by atoms with Crippen LogP contribution in [0.15, 0.2) is 24.7 Å². The van der Waals surface area contributed by atoms with Crippen molar-refractivity contribution in [2.45, 2.75) is 19.9 Å². The number of rotatable bonds is 4. The molecule has 0 atom stereocenters. The van der Waals surface area contributed by atoms with Gasteiger partial charge < -0.3 is 10.4 Å². The van der Waals surface area contributed by atoms with Crippen LogP contribution < -0.4 is 5.32 Å². The van der Waals surface area contributed by atoms with E-state index in [2.05, 4.69) is 27.1 Å². The molecule has 0 fully saturated rings. The molecule has 1 amide bonds. The molecule has 2 N–H and O–H groups in total. The third-order valence-electron chi connectivity index (χ3n) is 2.54. The van der Waals surface area contributed by atoms with E-state index in [9.17, 15) is 4.79 Å². The van der Waals surface area contributed by atoms with Crippen LogP contribution in [0, 0.1) is 18.8 Å². The summed E-state index contributed by atoms with van der Waals surface area (Å²) in [5.41, 5.74) is 1.11. The summed E-state index contributed by atoms with van der Waals surface area (Å²) in [5, 5.41) is 12.4. The van der Waals surface area contributed by atoms with Crippen LogP contribution in [0.5, 0.6) is 0 Å². The van der Waals surface area contributed by atoms with E-state index in [4.69, 9.17) is 5.11 Å². The van der Waals surface area contributed by atoms with Gasteiger partial charge in [0.2, 0.25) is 0 Å². The second kappa shape index (κ2) is 7.53. The van der Waals surface area contributed by atoms with Crippen molar-refractivity contribution in [3.8, 4) is 11.8 Å². The summed E-state index contributed by atoms with van der Waals surface area (Å²) < 4.78 is 0. The summed E-state index contributed by atoms with van der Waals surface area (Å²) in [5.74, 6) is 5.45. The SMILES string of the molecule is Cc1cnc(CNC(=O)c2cncc(C#CCCO)c2)s1. The number of nitrogens with zero attached hydrogens (tertiary/aromatic N) is 2. The number of pyridine rings is 1.